The molecule has 0 amide bonds. The number of ether oxygens (including phenoxy) is 3. The zero-order valence-corrected chi connectivity index (χ0v) is 16.5. The van der Waals surface area contributed by atoms with E-state index in [0.29, 0.717) is 18.1 Å². The molecule has 0 fully saturated rings. The average molecular weight is 392 g/mol. The van der Waals surface area contributed by atoms with Crippen LogP contribution in [-0.4, -0.2) is 35.5 Å². The van der Waals surface area contributed by atoms with Gasteiger partial charge in [0.25, 0.3) is 10.0 Å². The molecular formula is C19H24N2O5S. The predicted octanol–water partition coefficient (Wildman–Crippen LogP) is 3.20. The summed E-state index contributed by atoms with van der Waals surface area (Å²) in [5.74, 6) is 1.48. The molecule has 7 nitrogen and oxygen atoms in total. The fourth-order valence-corrected chi connectivity index (χ4v) is 3.03. The van der Waals surface area contributed by atoms with Crippen molar-refractivity contribution in [1.29, 1.82) is 0 Å². The second kappa shape index (κ2) is 9.82. The zero-order valence-electron chi connectivity index (χ0n) is 15.6. The van der Waals surface area contributed by atoms with Gasteiger partial charge in [-0.25, -0.2) is 4.83 Å². The van der Waals surface area contributed by atoms with Crippen molar-refractivity contribution < 1.29 is 22.6 Å². The first-order chi connectivity index (χ1) is 13.0. The van der Waals surface area contributed by atoms with Gasteiger partial charge in [0, 0.05) is 6.07 Å². The van der Waals surface area contributed by atoms with E-state index in [1.165, 1.54) is 38.6 Å². The highest BCUT2D eigenvalue weighted by Crippen LogP contribution is 2.29. The molecule has 0 aromatic heterocycles. The molecule has 146 valence electrons. The molecule has 0 aliphatic rings. The van der Waals surface area contributed by atoms with E-state index in [9.17, 15) is 8.42 Å². The van der Waals surface area contributed by atoms with Gasteiger partial charge < -0.3 is 14.2 Å². The Morgan fingerprint density at radius 2 is 1.85 bits per heavy atom. The van der Waals surface area contributed by atoms with E-state index >= 15 is 0 Å². The van der Waals surface area contributed by atoms with Crippen LogP contribution in [0.4, 0.5) is 0 Å². The molecule has 0 spiro atoms. The van der Waals surface area contributed by atoms with Gasteiger partial charge in [-0.05, 0) is 36.2 Å². The van der Waals surface area contributed by atoms with Gasteiger partial charge in [0.2, 0.25) is 0 Å². The summed E-state index contributed by atoms with van der Waals surface area (Å²) in [6.45, 7) is 2.74. The van der Waals surface area contributed by atoms with Crippen molar-refractivity contribution in [3.8, 4) is 17.2 Å². The molecular weight excluding hydrogens is 368 g/mol. The molecule has 0 aliphatic heterocycles. The largest absolute Gasteiger partial charge is 0.494 e. The van der Waals surface area contributed by atoms with Crippen LogP contribution in [0.3, 0.4) is 0 Å². The number of hydrogen-bond acceptors (Lipinski definition) is 6. The Labute approximate surface area is 160 Å². The van der Waals surface area contributed by atoms with Crippen molar-refractivity contribution in [2.24, 2.45) is 5.10 Å². The van der Waals surface area contributed by atoms with Crippen LogP contribution in [0.25, 0.3) is 0 Å². The highest BCUT2D eigenvalue weighted by Gasteiger charge is 2.16. The molecule has 0 unspecified atom stereocenters. The minimum Gasteiger partial charge on any atom is -0.494 e. The van der Waals surface area contributed by atoms with Gasteiger partial charge in [-0.2, -0.15) is 13.5 Å². The van der Waals surface area contributed by atoms with Crippen LogP contribution in [0.5, 0.6) is 17.2 Å². The van der Waals surface area contributed by atoms with Crippen LogP contribution in [0.1, 0.15) is 25.3 Å². The Bertz CT molecular complexity index is 881. The first-order valence-electron chi connectivity index (χ1n) is 8.50. The first-order valence-corrected chi connectivity index (χ1v) is 9.98. The van der Waals surface area contributed by atoms with Gasteiger partial charge in [0.15, 0.2) is 11.5 Å². The Hall–Kier alpha value is -2.74. The highest BCUT2D eigenvalue weighted by molar-refractivity contribution is 7.89. The van der Waals surface area contributed by atoms with Crippen molar-refractivity contribution in [3.63, 3.8) is 0 Å². The molecule has 27 heavy (non-hydrogen) atoms. The molecule has 0 radical (unpaired) electrons. The fraction of sp³-hybridized carbons (Fsp3) is 0.316. The van der Waals surface area contributed by atoms with E-state index in [0.717, 1.165) is 24.2 Å². The molecule has 0 bridgehead atoms. The lowest BCUT2D eigenvalue weighted by Gasteiger charge is -2.09. The molecule has 0 saturated carbocycles. The average Bonchev–Trinajstić information content (AvgIpc) is 2.68. The minimum absolute atomic E-state index is 0.0222. The van der Waals surface area contributed by atoms with Gasteiger partial charge in [-0.15, -0.1) is 0 Å². The number of unbranched alkanes of at least 4 members (excludes halogenated alkanes) is 1. The SMILES string of the molecule is CCCCOc1cccc(/C=N/NS(=O)(=O)c2ccc(OC)c(OC)c2)c1. The van der Waals surface area contributed by atoms with Crippen molar-refractivity contribution in [1.82, 2.24) is 4.83 Å². The van der Waals surface area contributed by atoms with Crippen molar-refractivity contribution in [2.45, 2.75) is 24.7 Å². The van der Waals surface area contributed by atoms with Crippen LogP contribution in [0.2, 0.25) is 0 Å². The highest BCUT2D eigenvalue weighted by atomic mass is 32.2. The third-order valence-electron chi connectivity index (χ3n) is 3.68. The van der Waals surface area contributed by atoms with Crippen molar-refractivity contribution in [2.75, 3.05) is 20.8 Å². The molecule has 1 N–H and O–H groups in total. The summed E-state index contributed by atoms with van der Waals surface area (Å²) in [6.07, 6.45) is 3.45. The standard InChI is InChI=1S/C19H24N2O5S/c1-4-5-11-26-16-8-6-7-15(12-16)14-20-21-27(22,23)17-9-10-18(24-2)19(13-17)25-3/h6-10,12-14,21H,4-5,11H2,1-3H3/b20-14+. The fourth-order valence-electron chi connectivity index (χ4n) is 2.23. The number of sulfonamides is 1. The van der Waals surface area contributed by atoms with Gasteiger partial charge in [-0.3, -0.25) is 0 Å². The van der Waals surface area contributed by atoms with Crippen LogP contribution >= 0.6 is 0 Å². The van der Waals surface area contributed by atoms with Gasteiger partial charge in [-0.1, -0.05) is 25.5 Å². The molecule has 2 aromatic carbocycles. The summed E-state index contributed by atoms with van der Waals surface area (Å²) >= 11 is 0. The summed E-state index contributed by atoms with van der Waals surface area (Å²) in [6, 6.07) is 11.6. The number of hydrazone groups is 1. The topological polar surface area (TPSA) is 86.2 Å². The summed E-state index contributed by atoms with van der Waals surface area (Å²) < 4.78 is 40.6. The maximum atomic E-state index is 12.4. The number of methoxy groups -OCH3 is 2. The van der Waals surface area contributed by atoms with E-state index in [4.69, 9.17) is 14.2 Å². The summed E-state index contributed by atoms with van der Waals surface area (Å²) in [5, 5.41) is 3.83. The van der Waals surface area contributed by atoms with Gasteiger partial charge in [0.1, 0.15) is 5.75 Å². The maximum Gasteiger partial charge on any atom is 0.276 e. The normalized spacial score (nSPS) is 11.4. The molecule has 8 heteroatoms. The maximum absolute atomic E-state index is 12.4. The van der Waals surface area contributed by atoms with E-state index in [-0.39, 0.29) is 4.90 Å². The molecule has 0 atom stereocenters. The summed E-state index contributed by atoms with van der Waals surface area (Å²) in [7, 11) is -0.910. The number of hydrogen-bond donors (Lipinski definition) is 1. The number of rotatable bonds is 10. The smallest absolute Gasteiger partial charge is 0.276 e. The zero-order chi connectivity index (χ0) is 19.7. The Balaban J connectivity index is 2.07. The third-order valence-corrected chi connectivity index (χ3v) is 4.90. The lowest BCUT2D eigenvalue weighted by atomic mass is 10.2. The van der Waals surface area contributed by atoms with E-state index in [1.54, 1.807) is 12.1 Å². The molecule has 0 aliphatic carbocycles. The molecule has 0 saturated heterocycles. The van der Waals surface area contributed by atoms with Crippen LogP contribution < -0.4 is 19.0 Å². The lowest BCUT2D eigenvalue weighted by molar-refractivity contribution is 0.309. The minimum atomic E-state index is -3.83. The van der Waals surface area contributed by atoms with Crippen molar-refractivity contribution in [3.05, 3.63) is 48.0 Å². The third kappa shape index (κ3) is 5.89. The van der Waals surface area contributed by atoms with E-state index < -0.39 is 10.0 Å². The predicted molar refractivity (Wildman–Crippen MR) is 104 cm³/mol. The number of nitrogens with one attached hydrogen (secondary N) is 1. The molecule has 2 aromatic rings. The Morgan fingerprint density at radius 1 is 1.07 bits per heavy atom. The lowest BCUT2D eigenvalue weighted by Crippen LogP contribution is -2.18. The van der Waals surface area contributed by atoms with Gasteiger partial charge >= 0.3 is 0 Å². The first kappa shape index (κ1) is 20.6. The van der Waals surface area contributed by atoms with Crippen LogP contribution in [0, 0.1) is 0 Å². The second-order valence-corrected chi connectivity index (χ2v) is 7.31. The number of benzene rings is 2. The van der Waals surface area contributed by atoms with Crippen LogP contribution in [-0.2, 0) is 10.0 Å². The quantitative estimate of drug-likeness (QED) is 0.381. The van der Waals surface area contributed by atoms with E-state index in [1.807, 2.05) is 12.1 Å². The van der Waals surface area contributed by atoms with Crippen LogP contribution in [0.15, 0.2) is 52.5 Å². The summed E-state index contributed by atoms with van der Waals surface area (Å²) in [5.41, 5.74) is 0.721. The molecule has 0 heterocycles. The number of nitrogens with zero attached hydrogens (tertiary/aromatic N) is 1. The Kier molecular flexibility index (Phi) is 7.48. The monoisotopic (exact) mass is 392 g/mol. The van der Waals surface area contributed by atoms with Gasteiger partial charge in [0.05, 0.1) is 31.9 Å². The second-order valence-electron chi connectivity index (χ2n) is 5.64. The Morgan fingerprint density at radius 3 is 2.56 bits per heavy atom. The molecule has 2 rings (SSSR count). The van der Waals surface area contributed by atoms with E-state index in [2.05, 4.69) is 16.9 Å². The van der Waals surface area contributed by atoms with Crippen molar-refractivity contribution >= 4 is 16.2 Å². The summed E-state index contributed by atoms with van der Waals surface area (Å²) in [4.78, 5) is 2.21.